The molecule has 172 valence electrons. The highest BCUT2D eigenvalue weighted by Gasteiger charge is 2.30. The van der Waals surface area contributed by atoms with Crippen molar-refractivity contribution in [3.8, 4) is 5.75 Å². The summed E-state index contributed by atoms with van der Waals surface area (Å²) in [5.41, 5.74) is 8.07. The Kier molecular flexibility index (Phi) is 5.79. The van der Waals surface area contributed by atoms with Crippen LogP contribution in [0.1, 0.15) is 48.0 Å². The zero-order valence-electron chi connectivity index (χ0n) is 18.4. The average Bonchev–Trinajstić information content (AvgIpc) is 3.18. The van der Waals surface area contributed by atoms with Crippen molar-refractivity contribution in [2.75, 3.05) is 13.2 Å². The minimum absolute atomic E-state index is 0.0929. The van der Waals surface area contributed by atoms with Crippen LogP contribution >= 0.6 is 0 Å². The first-order valence-electron chi connectivity index (χ1n) is 11.5. The highest BCUT2D eigenvalue weighted by Crippen LogP contribution is 2.36. The van der Waals surface area contributed by atoms with E-state index in [2.05, 4.69) is 9.47 Å². The first-order chi connectivity index (χ1) is 16.0. The van der Waals surface area contributed by atoms with Crippen LogP contribution < -0.4 is 10.5 Å². The first kappa shape index (κ1) is 21.5. The quantitative estimate of drug-likeness (QED) is 0.486. The molecule has 1 saturated carbocycles. The van der Waals surface area contributed by atoms with Crippen molar-refractivity contribution in [1.82, 2.24) is 9.47 Å². The fourth-order valence-electron chi connectivity index (χ4n) is 4.80. The Balaban J connectivity index is 1.31. The van der Waals surface area contributed by atoms with Gasteiger partial charge in [-0.1, -0.05) is 6.07 Å². The van der Waals surface area contributed by atoms with E-state index in [1.807, 2.05) is 24.4 Å². The van der Waals surface area contributed by atoms with Crippen molar-refractivity contribution in [1.29, 1.82) is 0 Å². The molecule has 0 spiro atoms. The molecule has 2 N–H and O–H groups in total. The third-order valence-corrected chi connectivity index (χ3v) is 6.78. The number of carbonyl (C=O) groups excluding carboxylic acids is 1. The van der Waals surface area contributed by atoms with Crippen molar-refractivity contribution in [3.05, 3.63) is 71.1 Å². The third-order valence-electron chi connectivity index (χ3n) is 6.78. The maximum absolute atomic E-state index is 14.3. The molecule has 1 aliphatic heterocycles. The van der Waals surface area contributed by atoms with E-state index in [1.165, 1.54) is 24.6 Å². The Morgan fingerprint density at radius 3 is 2.73 bits per heavy atom. The molecule has 5 rings (SSSR count). The van der Waals surface area contributed by atoms with Gasteiger partial charge in [0.25, 0.3) is 0 Å². The monoisotopic (exact) mass is 451 g/mol. The molecule has 33 heavy (non-hydrogen) atoms. The standard InChI is InChI=1S/C26H27F2N3O2/c27-22-7-4-8-24-20(22)11-14-30(24)12-1-2-13-31(17-5-3-6-17)18-15-21-19(26(29)32)9-10-23(28)25(21)33-16-18/h4,7-11,14-15,17H,1-3,5-6,12-13,16H2,(H2,29,32). The van der Waals surface area contributed by atoms with Crippen molar-refractivity contribution in [2.24, 2.45) is 5.73 Å². The summed E-state index contributed by atoms with van der Waals surface area (Å²) in [5.74, 6) is -1.19. The molecule has 2 aliphatic rings. The van der Waals surface area contributed by atoms with Crippen LogP contribution in [0.4, 0.5) is 8.78 Å². The van der Waals surface area contributed by atoms with E-state index in [9.17, 15) is 13.6 Å². The Hall–Kier alpha value is -3.35. The summed E-state index contributed by atoms with van der Waals surface area (Å²) in [4.78, 5) is 14.2. The molecule has 0 saturated heterocycles. The molecular weight excluding hydrogens is 424 g/mol. The smallest absolute Gasteiger partial charge is 0.249 e. The predicted molar refractivity (Wildman–Crippen MR) is 124 cm³/mol. The van der Waals surface area contributed by atoms with Crippen molar-refractivity contribution >= 4 is 22.9 Å². The molecule has 1 amide bonds. The number of hydrogen-bond donors (Lipinski definition) is 1. The first-order valence-corrected chi connectivity index (χ1v) is 11.5. The Morgan fingerprint density at radius 1 is 1.12 bits per heavy atom. The van der Waals surface area contributed by atoms with E-state index in [1.54, 1.807) is 6.07 Å². The van der Waals surface area contributed by atoms with Gasteiger partial charge < -0.3 is 19.9 Å². The van der Waals surface area contributed by atoms with Gasteiger partial charge in [-0.25, -0.2) is 8.78 Å². The number of halogens is 2. The van der Waals surface area contributed by atoms with Crippen LogP contribution in [0.5, 0.6) is 5.75 Å². The van der Waals surface area contributed by atoms with Gasteiger partial charge in [-0.15, -0.1) is 0 Å². The lowest BCUT2D eigenvalue weighted by Gasteiger charge is -2.41. The number of nitrogens with zero attached hydrogens (tertiary/aromatic N) is 2. The number of ether oxygens (including phenoxy) is 1. The van der Waals surface area contributed by atoms with Gasteiger partial charge >= 0.3 is 0 Å². The number of fused-ring (bicyclic) bond motifs is 2. The fourth-order valence-corrected chi connectivity index (χ4v) is 4.80. The molecule has 3 aromatic rings. The van der Waals surface area contributed by atoms with Crippen LogP contribution in [0.3, 0.4) is 0 Å². The zero-order chi connectivity index (χ0) is 22.9. The van der Waals surface area contributed by atoms with E-state index in [0.29, 0.717) is 17.0 Å². The molecule has 1 fully saturated rings. The maximum Gasteiger partial charge on any atom is 0.249 e. The molecule has 0 bridgehead atoms. The summed E-state index contributed by atoms with van der Waals surface area (Å²) in [6, 6.07) is 10.0. The normalized spacial score (nSPS) is 15.5. The van der Waals surface area contributed by atoms with Gasteiger partial charge in [0.05, 0.1) is 16.8 Å². The number of aromatic nitrogens is 1. The summed E-state index contributed by atoms with van der Waals surface area (Å²) in [6.45, 7) is 1.91. The Morgan fingerprint density at radius 2 is 1.97 bits per heavy atom. The van der Waals surface area contributed by atoms with Gasteiger partial charge in [0.2, 0.25) is 5.91 Å². The van der Waals surface area contributed by atoms with Gasteiger partial charge in [0.15, 0.2) is 11.6 Å². The molecule has 0 unspecified atom stereocenters. The molecule has 1 aromatic heterocycles. The largest absolute Gasteiger partial charge is 0.484 e. The third kappa shape index (κ3) is 4.08. The molecule has 0 atom stereocenters. The van der Waals surface area contributed by atoms with Gasteiger partial charge in [0, 0.05) is 36.3 Å². The predicted octanol–water partition coefficient (Wildman–Crippen LogP) is 5.09. The lowest BCUT2D eigenvalue weighted by molar-refractivity contribution is 0.0999. The molecule has 7 heteroatoms. The van der Waals surface area contributed by atoms with Crippen LogP contribution in [0, 0.1) is 11.6 Å². The van der Waals surface area contributed by atoms with Crippen molar-refractivity contribution < 1.29 is 18.3 Å². The summed E-state index contributed by atoms with van der Waals surface area (Å²) < 4.78 is 36.0. The number of unbranched alkanes of at least 4 members (excludes halogenated alkanes) is 1. The van der Waals surface area contributed by atoms with Crippen molar-refractivity contribution in [2.45, 2.75) is 44.7 Å². The number of carbonyl (C=O) groups is 1. The number of hydrogen-bond acceptors (Lipinski definition) is 3. The number of rotatable bonds is 8. The van der Waals surface area contributed by atoms with E-state index < -0.39 is 11.7 Å². The van der Waals surface area contributed by atoms with E-state index >= 15 is 0 Å². The minimum Gasteiger partial charge on any atom is -0.484 e. The van der Waals surface area contributed by atoms with Crippen molar-refractivity contribution in [3.63, 3.8) is 0 Å². The topological polar surface area (TPSA) is 60.5 Å². The highest BCUT2D eigenvalue weighted by atomic mass is 19.1. The lowest BCUT2D eigenvalue weighted by atomic mass is 9.90. The molecule has 2 aromatic carbocycles. The van der Waals surface area contributed by atoms with Gasteiger partial charge in [-0.05, 0) is 68.5 Å². The van der Waals surface area contributed by atoms with E-state index in [4.69, 9.17) is 10.5 Å². The fraction of sp³-hybridized carbons (Fsp3) is 0.346. The summed E-state index contributed by atoms with van der Waals surface area (Å²) in [5, 5.41) is 0.647. The zero-order valence-corrected chi connectivity index (χ0v) is 18.4. The van der Waals surface area contributed by atoms with Gasteiger partial charge in [0.1, 0.15) is 12.4 Å². The summed E-state index contributed by atoms with van der Waals surface area (Å²) in [6.07, 6.45) is 9.09. The molecule has 0 radical (unpaired) electrons. The Labute approximate surface area is 191 Å². The maximum atomic E-state index is 14.3. The van der Waals surface area contributed by atoms with Crippen LogP contribution in [0.15, 0.2) is 48.3 Å². The van der Waals surface area contributed by atoms with Gasteiger partial charge in [-0.2, -0.15) is 0 Å². The van der Waals surface area contributed by atoms with Crippen LogP contribution in [0.25, 0.3) is 17.0 Å². The number of primary amides is 1. The van der Waals surface area contributed by atoms with E-state index in [-0.39, 0.29) is 23.7 Å². The average molecular weight is 452 g/mol. The number of amides is 1. The van der Waals surface area contributed by atoms with Crippen LogP contribution in [-0.4, -0.2) is 34.6 Å². The number of nitrogens with two attached hydrogens (primary N) is 1. The molecule has 1 aliphatic carbocycles. The van der Waals surface area contributed by atoms with Gasteiger partial charge in [-0.3, -0.25) is 4.79 Å². The highest BCUT2D eigenvalue weighted by molar-refractivity contribution is 5.98. The second kappa shape index (κ2) is 8.89. The minimum atomic E-state index is -0.599. The van der Waals surface area contributed by atoms with Crippen LogP contribution in [0.2, 0.25) is 0 Å². The Bertz CT molecular complexity index is 1230. The molecular formula is C26H27F2N3O2. The number of aryl methyl sites for hydroxylation is 1. The lowest BCUT2D eigenvalue weighted by Crippen LogP contribution is -2.42. The summed E-state index contributed by atoms with van der Waals surface area (Å²) in [7, 11) is 0. The SMILES string of the molecule is NC(=O)c1ccc(F)c2c1C=C(N(CCCCn1ccc3c(F)cccc31)C1CCC1)CO2. The second-order valence-electron chi connectivity index (χ2n) is 8.79. The van der Waals surface area contributed by atoms with Crippen LogP contribution in [-0.2, 0) is 6.54 Å². The summed E-state index contributed by atoms with van der Waals surface area (Å²) >= 11 is 0. The molecule has 2 heterocycles. The second-order valence-corrected chi connectivity index (χ2v) is 8.79. The molecule has 5 nitrogen and oxygen atoms in total. The number of benzene rings is 2. The van der Waals surface area contributed by atoms with E-state index in [0.717, 1.165) is 50.0 Å².